The molecule has 1 aromatic heterocycles. The van der Waals surface area contributed by atoms with Crippen molar-refractivity contribution < 1.29 is 18.3 Å². The molecular formula is C57H45N3O4P4. The average molecular weight is 966 g/mol. The van der Waals surface area contributed by atoms with Crippen molar-refractivity contribution in [2.75, 3.05) is 0 Å². The summed E-state index contributed by atoms with van der Waals surface area (Å²) >= 11 is 0. The molecule has 11 heteroatoms. The van der Waals surface area contributed by atoms with Crippen LogP contribution in [0, 0.1) is 0 Å². The molecule has 0 saturated heterocycles. The van der Waals surface area contributed by atoms with Crippen molar-refractivity contribution in [3.8, 4) is 34.2 Å². The van der Waals surface area contributed by atoms with Gasteiger partial charge in [-0.1, -0.05) is 237 Å². The number of aromatic nitrogens is 3. The van der Waals surface area contributed by atoms with Gasteiger partial charge in [-0.25, -0.2) is 15.0 Å². The monoisotopic (exact) mass is 965 g/mol. The van der Waals surface area contributed by atoms with Gasteiger partial charge in [0.2, 0.25) is 0 Å². The van der Waals surface area contributed by atoms with Crippen LogP contribution in [-0.4, -0.2) is 18.8 Å². The van der Waals surface area contributed by atoms with Gasteiger partial charge in [0.1, 0.15) is 0 Å². The van der Waals surface area contributed by atoms with Crippen LogP contribution in [0.2, 0.25) is 0 Å². The minimum atomic E-state index is -3.89. The highest BCUT2D eigenvalue weighted by atomic mass is 31.2. The Morgan fingerprint density at radius 2 is 0.456 bits per heavy atom. The summed E-state index contributed by atoms with van der Waals surface area (Å²) in [4.78, 5) is 15.4. The number of hydrogen-bond donors (Lipinski definition) is 0. The first kappa shape index (κ1) is 42.3. The van der Waals surface area contributed by atoms with Crippen LogP contribution in [0.1, 0.15) is 0 Å². The Kier molecular flexibility index (Phi) is 12.7. The van der Waals surface area contributed by atoms with Gasteiger partial charge < -0.3 is 18.3 Å². The first-order valence-corrected chi connectivity index (χ1v) is 27.2. The van der Waals surface area contributed by atoms with Gasteiger partial charge >= 0.3 is 0 Å². The minimum Gasteiger partial charge on any atom is -0.333 e. The number of nitrogens with zero attached hydrogens (tertiary/aromatic N) is 3. The average Bonchev–Trinajstić information content (AvgIpc) is 3.43. The summed E-state index contributed by atoms with van der Waals surface area (Å²) in [6.07, 6.45) is 0. The lowest BCUT2D eigenvalue weighted by Gasteiger charge is -2.21. The van der Waals surface area contributed by atoms with Gasteiger partial charge in [-0.2, -0.15) is 0 Å². The third-order valence-electron chi connectivity index (χ3n) is 11.8. The molecule has 9 aromatic carbocycles. The van der Waals surface area contributed by atoms with Gasteiger partial charge in [0, 0.05) is 64.4 Å². The van der Waals surface area contributed by atoms with E-state index in [-0.39, 0.29) is 0 Å². The van der Waals surface area contributed by atoms with E-state index < -0.39 is 30.4 Å². The summed E-state index contributed by atoms with van der Waals surface area (Å²) in [7, 11) is -14.0. The second-order valence-corrected chi connectivity index (χ2v) is 24.1. The highest BCUT2D eigenvalue weighted by molar-refractivity contribution is 7.86. The predicted octanol–water partition coefficient (Wildman–Crippen LogP) is 9.73. The van der Waals surface area contributed by atoms with E-state index in [1.165, 1.54) is 0 Å². The zero-order valence-corrected chi connectivity index (χ0v) is 40.1. The van der Waals surface area contributed by atoms with Crippen molar-refractivity contribution in [3.63, 3.8) is 0 Å². The number of benzene rings is 9. The van der Waals surface area contributed by atoms with Crippen molar-refractivity contribution in [2.45, 2.75) is 0 Å². The van der Waals surface area contributed by atoms with Crippen molar-refractivity contribution in [1.29, 1.82) is 3.84 Å². The predicted molar refractivity (Wildman–Crippen MR) is 286 cm³/mol. The van der Waals surface area contributed by atoms with Gasteiger partial charge in [-0.3, -0.25) is 0 Å². The van der Waals surface area contributed by atoms with E-state index in [1.54, 1.807) is 0 Å². The van der Waals surface area contributed by atoms with Crippen LogP contribution in [0.5, 0.6) is 0 Å². The SMILES string of the molecule is O=P(c1ccccc1)(c1ccccc1)c1cccc(-c2nc(-c3cccc(P(=O)(c4ccccc4)c4ccccc4)c3)nc(-c3cccc(P(=O)(c4ccccc4)c4ccccc4)c3)n2)c1.[3H]P([3H])([3H])=O. The highest BCUT2D eigenvalue weighted by Crippen LogP contribution is 2.45. The van der Waals surface area contributed by atoms with Gasteiger partial charge in [0.25, 0.3) is 0 Å². The fourth-order valence-corrected chi connectivity index (χ4v) is 16.5. The summed E-state index contributed by atoms with van der Waals surface area (Å²) in [6.45, 7) is 0. The minimum absolute atomic E-state index is 0.351. The van der Waals surface area contributed by atoms with E-state index in [0.717, 1.165) is 0 Å². The quantitative estimate of drug-likeness (QED) is 0.112. The van der Waals surface area contributed by atoms with E-state index in [9.17, 15) is 4.57 Å². The Balaban J connectivity index is 0.00000119. The molecule has 332 valence electrons. The molecule has 0 spiro atoms. The van der Waals surface area contributed by atoms with Crippen LogP contribution >= 0.6 is 30.4 Å². The van der Waals surface area contributed by atoms with Gasteiger partial charge in [0.15, 0.2) is 38.9 Å². The summed E-state index contributed by atoms with van der Waals surface area (Å²) in [5, 5.41) is 6.14. The molecule has 0 aliphatic rings. The van der Waals surface area contributed by atoms with Crippen LogP contribution in [-0.2, 0) is 18.3 Å². The first-order valence-electron chi connectivity index (χ1n) is 23.1. The molecule has 0 amide bonds. The number of rotatable bonds is 12. The molecule has 68 heavy (non-hydrogen) atoms. The first-order chi connectivity index (χ1) is 34.3. The molecule has 0 aliphatic heterocycles. The topological polar surface area (TPSA) is 107 Å². The van der Waals surface area contributed by atoms with Crippen molar-refractivity contribution >= 4 is 78.1 Å². The maximum Gasteiger partial charge on any atom is 0.171 e. The Hall–Kier alpha value is -7.09. The summed E-state index contributed by atoms with van der Waals surface area (Å²) in [5.74, 6) is 1.05. The van der Waals surface area contributed by atoms with E-state index in [1.807, 2.05) is 255 Å². The fourth-order valence-electron chi connectivity index (χ4n) is 8.46. The van der Waals surface area contributed by atoms with E-state index >= 15 is 13.7 Å². The molecule has 0 N–H and O–H groups in total. The lowest BCUT2D eigenvalue weighted by molar-refractivity contribution is 0.591. The largest absolute Gasteiger partial charge is 0.333 e. The molecule has 0 fully saturated rings. The van der Waals surface area contributed by atoms with Gasteiger partial charge in [-0.15, -0.1) is 0 Å². The second kappa shape index (κ2) is 20.4. The second-order valence-electron chi connectivity index (χ2n) is 15.8. The maximum atomic E-state index is 15.6. The van der Waals surface area contributed by atoms with E-state index in [4.69, 9.17) is 18.8 Å². The normalized spacial score (nSPS) is 12.4. The molecule has 10 rings (SSSR count). The van der Waals surface area contributed by atoms with Crippen LogP contribution < -0.4 is 47.7 Å². The highest BCUT2D eigenvalue weighted by Gasteiger charge is 2.33. The van der Waals surface area contributed by atoms with Crippen molar-refractivity contribution in [3.05, 3.63) is 255 Å². The van der Waals surface area contributed by atoms with E-state index in [0.29, 0.717) is 81.9 Å². The standard InChI is InChI=1S/C57H42N3O3P3.H3OP/c61-64(46-25-7-1-8-26-46,47-27-9-2-10-28-47)52-37-19-22-43(40-52)55-58-56(44-23-20-38-53(41-44)65(62,48-29-11-3-12-30-48)49-31-13-4-14-32-49)60-57(59-55)45-24-21-39-54(42-45)66(63,50-33-15-5-16-34-50)51-35-17-6-18-36-51;1-2/h1-42H;2H3/i;2T3. The van der Waals surface area contributed by atoms with Gasteiger partial charge in [-0.05, 0) is 18.2 Å². The molecule has 0 radical (unpaired) electrons. The molecule has 1 heterocycles. The molecular weight excluding hydrogens is 915 g/mol. The van der Waals surface area contributed by atoms with Crippen molar-refractivity contribution in [2.24, 2.45) is 0 Å². The Morgan fingerprint density at radius 1 is 0.279 bits per heavy atom. The van der Waals surface area contributed by atoms with Crippen LogP contribution in [0.25, 0.3) is 34.2 Å². The van der Waals surface area contributed by atoms with Crippen LogP contribution in [0.3, 0.4) is 0 Å². The van der Waals surface area contributed by atoms with Crippen LogP contribution in [0.4, 0.5) is 0 Å². The van der Waals surface area contributed by atoms with Gasteiger partial charge in [0.05, 0.1) is 12.8 Å². The molecule has 0 aliphatic carbocycles. The summed E-state index contributed by atoms with van der Waals surface area (Å²) in [5.41, 5.74) is 1.90. The van der Waals surface area contributed by atoms with Crippen molar-refractivity contribution in [1.82, 2.24) is 15.0 Å². The zero-order chi connectivity index (χ0) is 49.5. The molecule has 7 nitrogen and oxygen atoms in total. The molecule has 0 atom stereocenters. The zero-order valence-electron chi connectivity index (χ0n) is 39.5. The van der Waals surface area contributed by atoms with Crippen LogP contribution in [0.15, 0.2) is 255 Å². The Bertz CT molecular complexity index is 3130. The number of hydrogen-bond acceptors (Lipinski definition) is 7. The Morgan fingerprint density at radius 3 is 0.647 bits per heavy atom. The smallest absolute Gasteiger partial charge is 0.171 e. The maximum absolute atomic E-state index is 15.6. The lowest BCUT2D eigenvalue weighted by Crippen LogP contribution is -2.25. The molecule has 10 aromatic rings. The molecule has 0 saturated carbocycles. The molecule has 0 unspecified atom stereocenters. The Labute approximate surface area is 402 Å². The third-order valence-corrected chi connectivity index (χ3v) is 20.9. The lowest BCUT2D eigenvalue weighted by atomic mass is 10.1. The van der Waals surface area contributed by atoms with E-state index in [2.05, 4.69) is 0 Å². The fraction of sp³-hybridized carbons (Fsp3) is 0. The third kappa shape index (κ3) is 8.91. The molecule has 0 bridgehead atoms. The summed E-state index contributed by atoms with van der Waals surface area (Å²) in [6, 6.07) is 80.2. The summed E-state index contributed by atoms with van der Waals surface area (Å²) < 4.78 is 73.5.